The van der Waals surface area contributed by atoms with E-state index in [4.69, 9.17) is 8.92 Å². The van der Waals surface area contributed by atoms with Crippen LogP contribution < -0.4 is 4.18 Å². The van der Waals surface area contributed by atoms with Crippen molar-refractivity contribution in [2.24, 2.45) is 5.92 Å². The number of carbonyl (C=O) groups excluding carboxylic acids is 1. The maximum absolute atomic E-state index is 12.1. The summed E-state index contributed by atoms with van der Waals surface area (Å²) in [5.74, 6) is 0.691. The molecule has 1 aromatic carbocycles. The molecule has 6 nitrogen and oxygen atoms in total. The van der Waals surface area contributed by atoms with Crippen LogP contribution in [-0.2, 0) is 26.2 Å². The minimum atomic E-state index is -3.53. The molecule has 0 spiro atoms. The van der Waals surface area contributed by atoms with Crippen LogP contribution in [-0.4, -0.2) is 45.7 Å². The summed E-state index contributed by atoms with van der Waals surface area (Å²) >= 11 is 0. The van der Waals surface area contributed by atoms with Crippen molar-refractivity contribution in [3.05, 3.63) is 29.8 Å². The summed E-state index contributed by atoms with van der Waals surface area (Å²) in [6, 6.07) is 6.67. The first kappa shape index (κ1) is 19.4. The molecule has 0 heterocycles. The Morgan fingerprint density at radius 2 is 1.83 bits per heavy atom. The highest BCUT2D eigenvalue weighted by molar-refractivity contribution is 7.86. The van der Waals surface area contributed by atoms with E-state index in [9.17, 15) is 13.2 Å². The van der Waals surface area contributed by atoms with Gasteiger partial charge >= 0.3 is 10.1 Å². The summed E-state index contributed by atoms with van der Waals surface area (Å²) in [7, 11) is -2.04. The Hall–Kier alpha value is -1.60. The molecule has 1 aromatic rings. The number of amides is 1. The lowest BCUT2D eigenvalue weighted by molar-refractivity contribution is -0.135. The number of ether oxygens (including phenoxy) is 1. The predicted octanol–water partition coefficient (Wildman–Crippen LogP) is 2.05. The molecule has 0 fully saturated rings. The van der Waals surface area contributed by atoms with Gasteiger partial charge in [0.2, 0.25) is 5.91 Å². The fourth-order valence-corrected chi connectivity index (χ4v) is 2.43. The number of methoxy groups -OCH3 is 1. The Morgan fingerprint density at radius 3 is 2.30 bits per heavy atom. The third-order valence-electron chi connectivity index (χ3n) is 3.14. The molecule has 23 heavy (non-hydrogen) atoms. The lowest BCUT2D eigenvalue weighted by Crippen LogP contribution is -2.34. The standard InChI is InChI=1S/C16H25NO5S/c1-13(2)9-10-17(16(18)12-21-3)11-14-5-7-15(8-6-14)22-23(4,19)20/h5-8,13H,9-12H2,1-4H3. The summed E-state index contributed by atoms with van der Waals surface area (Å²) in [6.07, 6.45) is 1.91. The van der Waals surface area contributed by atoms with E-state index in [2.05, 4.69) is 13.8 Å². The molecule has 0 atom stereocenters. The van der Waals surface area contributed by atoms with Crippen LogP contribution in [0, 0.1) is 5.92 Å². The molecule has 0 N–H and O–H groups in total. The van der Waals surface area contributed by atoms with Gasteiger partial charge in [-0.3, -0.25) is 4.79 Å². The highest BCUT2D eigenvalue weighted by atomic mass is 32.2. The fraction of sp³-hybridized carbons (Fsp3) is 0.562. The number of rotatable bonds is 9. The van der Waals surface area contributed by atoms with Gasteiger partial charge in [0.15, 0.2) is 0 Å². The van der Waals surface area contributed by atoms with Crippen LogP contribution in [0.2, 0.25) is 0 Å². The second kappa shape index (κ2) is 8.88. The van der Waals surface area contributed by atoms with Crippen LogP contribution in [0.5, 0.6) is 5.75 Å². The molecule has 0 saturated carbocycles. The van der Waals surface area contributed by atoms with Gasteiger partial charge < -0.3 is 13.8 Å². The number of benzene rings is 1. The highest BCUT2D eigenvalue weighted by Gasteiger charge is 2.14. The summed E-state index contributed by atoms with van der Waals surface area (Å²) in [4.78, 5) is 13.9. The van der Waals surface area contributed by atoms with Gasteiger partial charge in [0, 0.05) is 20.2 Å². The molecule has 1 amide bonds. The second-order valence-corrected chi connectivity index (χ2v) is 7.44. The summed E-state index contributed by atoms with van der Waals surface area (Å²) in [5.41, 5.74) is 0.902. The monoisotopic (exact) mass is 343 g/mol. The lowest BCUT2D eigenvalue weighted by Gasteiger charge is -2.23. The Bertz CT molecular complexity index is 595. The Labute approximate surface area is 138 Å². The smallest absolute Gasteiger partial charge is 0.306 e. The zero-order chi connectivity index (χ0) is 17.5. The van der Waals surface area contributed by atoms with Crippen molar-refractivity contribution in [1.82, 2.24) is 4.90 Å². The Morgan fingerprint density at radius 1 is 1.22 bits per heavy atom. The lowest BCUT2D eigenvalue weighted by atomic mass is 10.1. The third kappa shape index (κ3) is 7.99. The molecule has 1 rings (SSSR count). The average Bonchev–Trinajstić information content (AvgIpc) is 2.43. The minimum Gasteiger partial charge on any atom is -0.383 e. The topological polar surface area (TPSA) is 72.9 Å². The van der Waals surface area contributed by atoms with Gasteiger partial charge in [0.25, 0.3) is 0 Å². The van der Waals surface area contributed by atoms with E-state index in [-0.39, 0.29) is 18.3 Å². The molecule has 0 aliphatic carbocycles. The van der Waals surface area contributed by atoms with Crippen LogP contribution in [0.1, 0.15) is 25.8 Å². The fourth-order valence-electron chi connectivity index (χ4n) is 1.97. The maximum atomic E-state index is 12.1. The van der Waals surface area contributed by atoms with Crippen molar-refractivity contribution in [1.29, 1.82) is 0 Å². The summed E-state index contributed by atoms with van der Waals surface area (Å²) in [6.45, 7) is 5.37. The highest BCUT2D eigenvalue weighted by Crippen LogP contribution is 2.16. The van der Waals surface area contributed by atoms with Crippen molar-refractivity contribution in [3.8, 4) is 5.75 Å². The molecule has 0 aliphatic heterocycles. The van der Waals surface area contributed by atoms with E-state index in [0.717, 1.165) is 18.2 Å². The van der Waals surface area contributed by atoms with Gasteiger partial charge in [-0.1, -0.05) is 26.0 Å². The molecular formula is C16H25NO5S. The van der Waals surface area contributed by atoms with Crippen LogP contribution in [0.4, 0.5) is 0 Å². The van der Waals surface area contributed by atoms with E-state index in [1.165, 1.54) is 7.11 Å². The van der Waals surface area contributed by atoms with E-state index >= 15 is 0 Å². The average molecular weight is 343 g/mol. The van der Waals surface area contributed by atoms with Gasteiger partial charge in [-0.2, -0.15) is 8.42 Å². The van der Waals surface area contributed by atoms with Gasteiger partial charge in [-0.15, -0.1) is 0 Å². The molecule has 0 saturated heterocycles. The van der Waals surface area contributed by atoms with Crippen molar-refractivity contribution < 1.29 is 22.1 Å². The largest absolute Gasteiger partial charge is 0.383 e. The summed E-state index contributed by atoms with van der Waals surface area (Å²) in [5, 5.41) is 0. The van der Waals surface area contributed by atoms with Crippen LogP contribution >= 0.6 is 0 Å². The van der Waals surface area contributed by atoms with Crippen LogP contribution in [0.3, 0.4) is 0 Å². The molecular weight excluding hydrogens is 318 g/mol. The first-order valence-electron chi connectivity index (χ1n) is 7.46. The predicted molar refractivity (Wildman–Crippen MR) is 88.7 cm³/mol. The van der Waals surface area contributed by atoms with E-state index in [1.54, 1.807) is 29.2 Å². The molecule has 130 valence electrons. The van der Waals surface area contributed by atoms with Crippen LogP contribution in [0.15, 0.2) is 24.3 Å². The van der Waals surface area contributed by atoms with E-state index in [1.807, 2.05) is 0 Å². The Kier molecular flexibility index (Phi) is 7.51. The van der Waals surface area contributed by atoms with Gasteiger partial charge in [0.05, 0.1) is 6.26 Å². The number of nitrogens with zero attached hydrogens (tertiary/aromatic N) is 1. The minimum absolute atomic E-state index is 0.0490. The first-order valence-corrected chi connectivity index (χ1v) is 9.28. The number of carbonyl (C=O) groups is 1. The molecule has 0 unspecified atom stereocenters. The SMILES string of the molecule is COCC(=O)N(CCC(C)C)Cc1ccc(OS(C)(=O)=O)cc1. The molecule has 0 radical (unpaired) electrons. The van der Waals surface area contributed by atoms with Crippen molar-refractivity contribution in [2.45, 2.75) is 26.8 Å². The normalized spacial score (nSPS) is 11.5. The zero-order valence-corrected chi connectivity index (χ0v) is 14.9. The van der Waals surface area contributed by atoms with Crippen molar-refractivity contribution in [3.63, 3.8) is 0 Å². The van der Waals surface area contributed by atoms with Crippen molar-refractivity contribution >= 4 is 16.0 Å². The van der Waals surface area contributed by atoms with Crippen molar-refractivity contribution in [2.75, 3.05) is 26.5 Å². The van der Waals surface area contributed by atoms with Gasteiger partial charge in [0.1, 0.15) is 12.4 Å². The van der Waals surface area contributed by atoms with Gasteiger partial charge in [-0.25, -0.2) is 0 Å². The molecule has 0 bridgehead atoms. The van der Waals surface area contributed by atoms with E-state index < -0.39 is 10.1 Å². The quantitative estimate of drug-likeness (QED) is 0.642. The number of hydrogen-bond acceptors (Lipinski definition) is 5. The second-order valence-electron chi connectivity index (χ2n) is 5.86. The molecule has 7 heteroatoms. The van der Waals surface area contributed by atoms with Gasteiger partial charge in [-0.05, 0) is 30.0 Å². The maximum Gasteiger partial charge on any atom is 0.306 e. The zero-order valence-electron chi connectivity index (χ0n) is 14.1. The third-order valence-corrected chi connectivity index (χ3v) is 3.64. The summed E-state index contributed by atoms with van der Waals surface area (Å²) < 4.78 is 31.9. The molecule has 0 aliphatic rings. The first-order chi connectivity index (χ1) is 10.7. The Balaban J connectivity index is 2.76. The van der Waals surface area contributed by atoms with Crippen LogP contribution in [0.25, 0.3) is 0 Å². The molecule has 0 aromatic heterocycles. The number of hydrogen-bond donors (Lipinski definition) is 0. The van der Waals surface area contributed by atoms with E-state index in [0.29, 0.717) is 19.0 Å².